The largest absolute Gasteiger partial charge is 0.457 e. The number of fused-ring (bicyclic) bond motifs is 1. The first-order valence-corrected chi connectivity index (χ1v) is 10.5. The van der Waals surface area contributed by atoms with Gasteiger partial charge >= 0.3 is 5.56 Å². The van der Waals surface area contributed by atoms with Crippen molar-refractivity contribution in [2.24, 2.45) is 0 Å². The summed E-state index contributed by atoms with van der Waals surface area (Å²) >= 11 is 1.07. The zero-order valence-corrected chi connectivity index (χ0v) is 17.6. The van der Waals surface area contributed by atoms with Gasteiger partial charge in [0.05, 0.1) is 0 Å². The lowest BCUT2D eigenvalue weighted by Crippen LogP contribution is -2.26. The lowest BCUT2D eigenvalue weighted by molar-refractivity contribution is 0.101. The molecule has 0 saturated heterocycles. The smallest absolute Gasteiger partial charge is 0.300 e. The van der Waals surface area contributed by atoms with E-state index < -0.39 is 5.56 Å². The Balaban J connectivity index is 1.55. The molecule has 0 radical (unpaired) electrons. The number of aromatic nitrogens is 3. The molecular weight excluding hydrogens is 426 g/mol. The van der Waals surface area contributed by atoms with Gasteiger partial charge in [-0.1, -0.05) is 65.9 Å². The average molecular weight is 441 g/mol. The number of benzene rings is 2. The molecule has 0 aliphatic rings. The Morgan fingerprint density at radius 1 is 0.969 bits per heavy atom. The van der Waals surface area contributed by atoms with Crippen LogP contribution in [0.1, 0.15) is 23.0 Å². The van der Waals surface area contributed by atoms with Crippen LogP contribution in [-0.4, -0.2) is 20.4 Å². The summed E-state index contributed by atoms with van der Waals surface area (Å²) in [6, 6.07) is 19.5. The number of carbonyl (C=O) groups excluding carboxylic acids is 1. The van der Waals surface area contributed by atoms with Crippen molar-refractivity contribution in [3.8, 4) is 22.6 Å². The third-order valence-electron chi connectivity index (χ3n) is 4.91. The molecule has 0 spiro atoms. The second-order valence-electron chi connectivity index (χ2n) is 7.08. The molecule has 156 valence electrons. The molecule has 0 N–H and O–H groups in total. The van der Waals surface area contributed by atoms with Gasteiger partial charge in [-0.05, 0) is 19.1 Å². The number of furan rings is 1. The summed E-state index contributed by atoms with van der Waals surface area (Å²) in [4.78, 5) is 41.0. The zero-order valence-electron chi connectivity index (χ0n) is 16.8. The number of hydrogen-bond donors (Lipinski definition) is 0. The van der Waals surface area contributed by atoms with E-state index in [4.69, 9.17) is 4.42 Å². The van der Waals surface area contributed by atoms with E-state index in [0.717, 1.165) is 21.4 Å². The minimum atomic E-state index is -0.488. The molecule has 0 unspecified atom stereocenters. The Bertz CT molecular complexity index is 1630. The molecule has 0 aliphatic carbocycles. The van der Waals surface area contributed by atoms with Crippen LogP contribution < -0.4 is 15.7 Å². The number of carbonyl (C=O) groups is 1. The van der Waals surface area contributed by atoms with E-state index in [1.54, 1.807) is 54.6 Å². The van der Waals surface area contributed by atoms with Crippen molar-refractivity contribution in [1.82, 2.24) is 14.6 Å². The van der Waals surface area contributed by atoms with Gasteiger partial charge in [0.1, 0.15) is 16.1 Å². The average Bonchev–Trinajstić information content (AvgIpc) is 3.38. The van der Waals surface area contributed by atoms with Gasteiger partial charge in [0.25, 0.3) is 5.56 Å². The predicted octanol–water partition coefficient (Wildman–Crippen LogP) is 3.19. The SMILES string of the molecule is CC(=O)c1ccc(-c2ccc(/C=c3\sc4nc(=O)c(-c5ccccc5)nn4c3=O)o2)cc1. The van der Waals surface area contributed by atoms with Crippen molar-refractivity contribution in [1.29, 1.82) is 0 Å². The second-order valence-corrected chi connectivity index (χ2v) is 8.09. The Kier molecular flexibility index (Phi) is 4.84. The fourth-order valence-corrected chi connectivity index (χ4v) is 4.15. The van der Waals surface area contributed by atoms with Crippen LogP contribution in [0, 0.1) is 0 Å². The molecule has 0 saturated carbocycles. The summed E-state index contributed by atoms with van der Waals surface area (Å²) in [7, 11) is 0. The molecule has 2 aromatic carbocycles. The highest BCUT2D eigenvalue weighted by Crippen LogP contribution is 2.23. The highest BCUT2D eigenvalue weighted by Gasteiger charge is 2.13. The van der Waals surface area contributed by atoms with Crippen LogP contribution in [0.4, 0.5) is 0 Å². The predicted molar refractivity (Wildman–Crippen MR) is 122 cm³/mol. The summed E-state index contributed by atoms with van der Waals surface area (Å²) in [5.74, 6) is 1.08. The first-order valence-electron chi connectivity index (χ1n) is 9.72. The molecule has 0 fully saturated rings. The highest BCUT2D eigenvalue weighted by atomic mass is 32.1. The summed E-state index contributed by atoms with van der Waals surface area (Å²) in [5.41, 5.74) is 1.30. The van der Waals surface area contributed by atoms with Gasteiger partial charge in [0, 0.05) is 22.8 Å². The molecule has 32 heavy (non-hydrogen) atoms. The van der Waals surface area contributed by atoms with Crippen molar-refractivity contribution in [2.75, 3.05) is 0 Å². The summed E-state index contributed by atoms with van der Waals surface area (Å²) in [6.07, 6.45) is 1.60. The van der Waals surface area contributed by atoms with E-state index >= 15 is 0 Å². The van der Waals surface area contributed by atoms with Crippen molar-refractivity contribution in [3.05, 3.63) is 103 Å². The normalized spacial score (nSPS) is 11.8. The maximum atomic E-state index is 12.9. The molecule has 0 amide bonds. The van der Waals surface area contributed by atoms with Crippen LogP contribution in [0.25, 0.3) is 33.6 Å². The Hall–Kier alpha value is -4.17. The topological polar surface area (TPSA) is 94.5 Å². The minimum absolute atomic E-state index is 0.00543. The fourth-order valence-electron chi connectivity index (χ4n) is 3.27. The van der Waals surface area contributed by atoms with Crippen molar-refractivity contribution >= 4 is 28.2 Å². The fraction of sp³-hybridized carbons (Fsp3) is 0.0417. The minimum Gasteiger partial charge on any atom is -0.457 e. The van der Waals surface area contributed by atoms with Gasteiger partial charge in [-0.3, -0.25) is 14.4 Å². The molecule has 5 rings (SSSR count). The summed E-state index contributed by atoms with van der Waals surface area (Å²) in [5, 5.41) is 4.24. The number of Topliss-reactive ketones (excluding diaryl/α,β-unsaturated/α-hetero) is 1. The molecule has 0 aliphatic heterocycles. The molecule has 0 atom stereocenters. The molecule has 7 nitrogen and oxygen atoms in total. The second kappa shape index (κ2) is 7.82. The lowest BCUT2D eigenvalue weighted by Gasteiger charge is -1.98. The third-order valence-corrected chi connectivity index (χ3v) is 5.87. The molecule has 8 heteroatoms. The van der Waals surface area contributed by atoms with E-state index in [0.29, 0.717) is 27.2 Å². The van der Waals surface area contributed by atoms with Crippen LogP contribution in [0.15, 0.2) is 80.7 Å². The van der Waals surface area contributed by atoms with Crippen molar-refractivity contribution < 1.29 is 9.21 Å². The summed E-state index contributed by atoms with van der Waals surface area (Å²) < 4.78 is 7.35. The zero-order chi connectivity index (χ0) is 22.2. The standard InChI is InChI=1S/C24H15N3O4S/c1-14(28)15-7-9-16(10-8-15)19-12-11-18(31-19)13-20-23(30)27-24(32-20)25-22(29)21(26-27)17-5-3-2-4-6-17/h2-13H,1H3/b20-13-. The van der Waals surface area contributed by atoms with Crippen LogP contribution in [-0.2, 0) is 0 Å². The quantitative estimate of drug-likeness (QED) is 0.398. The number of nitrogens with zero attached hydrogens (tertiary/aromatic N) is 3. The number of rotatable bonds is 4. The molecular formula is C24H15N3O4S. The molecule has 3 heterocycles. The van der Waals surface area contributed by atoms with E-state index in [1.807, 2.05) is 18.2 Å². The molecule has 5 aromatic rings. The van der Waals surface area contributed by atoms with E-state index in [1.165, 1.54) is 6.92 Å². The van der Waals surface area contributed by atoms with E-state index in [2.05, 4.69) is 10.1 Å². The van der Waals surface area contributed by atoms with Crippen LogP contribution in [0.5, 0.6) is 0 Å². The number of ketones is 1. The van der Waals surface area contributed by atoms with Crippen molar-refractivity contribution in [2.45, 2.75) is 6.92 Å². The number of hydrogen-bond acceptors (Lipinski definition) is 7. The van der Waals surface area contributed by atoms with Crippen LogP contribution in [0.2, 0.25) is 0 Å². The van der Waals surface area contributed by atoms with Crippen molar-refractivity contribution in [3.63, 3.8) is 0 Å². The monoisotopic (exact) mass is 441 g/mol. The highest BCUT2D eigenvalue weighted by molar-refractivity contribution is 7.15. The maximum Gasteiger partial charge on any atom is 0.300 e. The van der Waals surface area contributed by atoms with E-state index in [9.17, 15) is 14.4 Å². The maximum absolute atomic E-state index is 12.9. The van der Waals surface area contributed by atoms with Gasteiger partial charge in [0.2, 0.25) is 4.96 Å². The Morgan fingerprint density at radius 3 is 2.44 bits per heavy atom. The third kappa shape index (κ3) is 3.57. The molecule has 0 bridgehead atoms. The first-order chi connectivity index (χ1) is 15.5. The van der Waals surface area contributed by atoms with Gasteiger partial charge in [0.15, 0.2) is 11.5 Å². The van der Waals surface area contributed by atoms with Crippen LogP contribution >= 0.6 is 11.3 Å². The van der Waals surface area contributed by atoms with Gasteiger partial charge in [-0.2, -0.15) is 14.6 Å². The Labute approximate surface area is 184 Å². The first kappa shape index (κ1) is 19.8. The van der Waals surface area contributed by atoms with Crippen LogP contribution in [0.3, 0.4) is 0 Å². The molecule has 3 aromatic heterocycles. The van der Waals surface area contributed by atoms with Gasteiger partial charge in [-0.15, -0.1) is 0 Å². The number of thiazole rings is 1. The van der Waals surface area contributed by atoms with Gasteiger partial charge in [-0.25, -0.2) is 0 Å². The lowest BCUT2D eigenvalue weighted by atomic mass is 10.1. The van der Waals surface area contributed by atoms with E-state index in [-0.39, 0.29) is 22.0 Å². The summed E-state index contributed by atoms with van der Waals surface area (Å²) in [6.45, 7) is 1.51. The van der Waals surface area contributed by atoms with Gasteiger partial charge < -0.3 is 4.42 Å². The Morgan fingerprint density at radius 2 is 1.72 bits per heavy atom.